The highest BCUT2D eigenvalue weighted by Crippen LogP contribution is 2.36. The van der Waals surface area contributed by atoms with Crippen molar-refractivity contribution in [3.63, 3.8) is 0 Å². The summed E-state index contributed by atoms with van der Waals surface area (Å²) in [6, 6.07) is 6.95. The number of anilines is 2. The number of nitrogens with one attached hydrogen (secondary N) is 1. The first kappa shape index (κ1) is 21.3. The summed E-state index contributed by atoms with van der Waals surface area (Å²) in [6.45, 7) is 1.50. The maximum Gasteiger partial charge on any atom is 0.416 e. The number of hydrogen-bond acceptors (Lipinski definition) is 6. The molecule has 0 spiro atoms. The molecule has 11 heteroatoms. The minimum Gasteiger partial charge on any atom is -0.461 e. The number of aromatic nitrogens is 3. The summed E-state index contributed by atoms with van der Waals surface area (Å²) >= 11 is 1.14. The van der Waals surface area contributed by atoms with Crippen molar-refractivity contribution in [1.82, 2.24) is 14.8 Å². The Bertz CT molecular complexity index is 1060. The summed E-state index contributed by atoms with van der Waals surface area (Å²) in [5, 5.41) is 11.3. The number of rotatable bonds is 6. The maximum atomic E-state index is 13.2. The van der Waals surface area contributed by atoms with Crippen LogP contribution in [0.1, 0.15) is 18.4 Å². The molecule has 1 aromatic carbocycles. The highest BCUT2D eigenvalue weighted by Gasteiger charge is 2.32. The minimum absolute atomic E-state index is 0.0280. The number of hydrogen-bond donors (Lipinski definition) is 1. The lowest BCUT2D eigenvalue weighted by molar-refractivity contribution is -0.137. The third-order valence-corrected chi connectivity index (χ3v) is 5.97. The van der Waals surface area contributed by atoms with E-state index in [9.17, 15) is 18.0 Å². The van der Waals surface area contributed by atoms with Gasteiger partial charge in [-0.3, -0.25) is 4.79 Å². The Hall–Kier alpha value is -2.95. The van der Waals surface area contributed by atoms with E-state index in [2.05, 4.69) is 15.5 Å². The van der Waals surface area contributed by atoms with E-state index in [0.29, 0.717) is 22.4 Å². The van der Waals surface area contributed by atoms with Gasteiger partial charge in [-0.1, -0.05) is 11.8 Å². The zero-order valence-corrected chi connectivity index (χ0v) is 17.5. The van der Waals surface area contributed by atoms with Gasteiger partial charge in [-0.25, -0.2) is 0 Å². The average Bonchev–Trinajstić information content (AvgIpc) is 3.48. The Morgan fingerprint density at radius 2 is 2.00 bits per heavy atom. The Balaban J connectivity index is 1.48. The predicted molar refractivity (Wildman–Crippen MR) is 111 cm³/mol. The minimum atomic E-state index is -4.49. The van der Waals surface area contributed by atoms with Crippen molar-refractivity contribution in [1.29, 1.82) is 0 Å². The van der Waals surface area contributed by atoms with E-state index >= 15 is 0 Å². The molecule has 1 fully saturated rings. The zero-order chi connectivity index (χ0) is 22.0. The van der Waals surface area contributed by atoms with Gasteiger partial charge < -0.3 is 19.2 Å². The third kappa shape index (κ3) is 4.71. The number of carbonyl (C=O) groups is 1. The van der Waals surface area contributed by atoms with Gasteiger partial charge >= 0.3 is 6.18 Å². The number of benzene rings is 1. The Morgan fingerprint density at radius 3 is 2.68 bits per heavy atom. The molecule has 0 unspecified atom stereocenters. The standard InChI is InChI=1S/C20H20F3N5O2S/c1-27-18(16-5-4-10-30-16)25-26-19(27)31-12-17(29)24-14-11-13(20(21,22)23)6-7-15(14)28-8-2-3-9-28/h4-7,10-11H,2-3,8-9,12H2,1H3,(H,24,29). The van der Waals surface area contributed by atoms with Gasteiger partial charge in [-0.05, 0) is 43.2 Å². The number of amides is 1. The molecule has 2 aromatic heterocycles. The fraction of sp³-hybridized carbons (Fsp3) is 0.350. The van der Waals surface area contributed by atoms with Crippen molar-refractivity contribution in [2.75, 3.05) is 29.1 Å². The van der Waals surface area contributed by atoms with Crippen molar-refractivity contribution < 1.29 is 22.4 Å². The Kier molecular flexibility index (Phi) is 5.94. The molecular weight excluding hydrogens is 431 g/mol. The molecule has 1 aliphatic heterocycles. The van der Waals surface area contributed by atoms with Crippen LogP contribution in [0, 0.1) is 0 Å². The first-order chi connectivity index (χ1) is 14.8. The van der Waals surface area contributed by atoms with Crippen LogP contribution in [0.4, 0.5) is 24.5 Å². The average molecular weight is 451 g/mol. The van der Waals surface area contributed by atoms with E-state index in [1.807, 2.05) is 4.90 Å². The molecule has 164 valence electrons. The lowest BCUT2D eigenvalue weighted by Gasteiger charge is -2.23. The van der Waals surface area contributed by atoms with Crippen LogP contribution in [0.15, 0.2) is 46.2 Å². The van der Waals surface area contributed by atoms with Gasteiger partial charge in [0.1, 0.15) is 0 Å². The van der Waals surface area contributed by atoms with Gasteiger partial charge in [0.15, 0.2) is 16.7 Å². The van der Waals surface area contributed by atoms with Crippen LogP contribution in [-0.2, 0) is 18.0 Å². The lowest BCUT2D eigenvalue weighted by atomic mass is 10.1. The van der Waals surface area contributed by atoms with Crippen LogP contribution in [-0.4, -0.2) is 39.5 Å². The van der Waals surface area contributed by atoms with E-state index in [0.717, 1.165) is 49.8 Å². The van der Waals surface area contributed by atoms with E-state index in [-0.39, 0.29) is 11.4 Å². The van der Waals surface area contributed by atoms with Crippen molar-refractivity contribution in [3.8, 4) is 11.6 Å². The number of nitrogens with zero attached hydrogens (tertiary/aromatic N) is 4. The molecule has 0 bridgehead atoms. The number of halogens is 3. The topological polar surface area (TPSA) is 76.2 Å². The maximum absolute atomic E-state index is 13.2. The van der Waals surface area contributed by atoms with Gasteiger partial charge in [-0.15, -0.1) is 10.2 Å². The molecule has 31 heavy (non-hydrogen) atoms. The molecule has 3 heterocycles. The van der Waals surface area contributed by atoms with Gasteiger partial charge in [-0.2, -0.15) is 13.2 Å². The molecule has 0 radical (unpaired) electrons. The first-order valence-corrected chi connectivity index (χ1v) is 10.6. The predicted octanol–water partition coefficient (Wildman–Crippen LogP) is 4.42. The molecule has 1 N–H and O–H groups in total. The molecule has 1 amide bonds. The largest absolute Gasteiger partial charge is 0.461 e. The van der Waals surface area contributed by atoms with E-state index < -0.39 is 17.6 Å². The summed E-state index contributed by atoms with van der Waals surface area (Å²) in [7, 11) is 1.75. The molecule has 0 aliphatic carbocycles. The SMILES string of the molecule is Cn1c(SCC(=O)Nc2cc(C(F)(F)F)ccc2N2CCCC2)nnc1-c1ccco1. The van der Waals surface area contributed by atoms with Crippen LogP contribution in [0.5, 0.6) is 0 Å². The molecule has 1 aliphatic rings. The second kappa shape index (κ2) is 8.66. The molecule has 0 atom stereocenters. The number of furan rings is 1. The number of alkyl halides is 3. The Morgan fingerprint density at radius 1 is 1.23 bits per heavy atom. The van der Waals surface area contributed by atoms with E-state index in [1.165, 1.54) is 12.3 Å². The highest BCUT2D eigenvalue weighted by molar-refractivity contribution is 7.99. The highest BCUT2D eigenvalue weighted by atomic mass is 32.2. The van der Waals surface area contributed by atoms with Crippen LogP contribution in [0.3, 0.4) is 0 Å². The van der Waals surface area contributed by atoms with Crippen molar-refractivity contribution in [3.05, 3.63) is 42.2 Å². The van der Waals surface area contributed by atoms with Crippen LogP contribution in [0.2, 0.25) is 0 Å². The van der Waals surface area contributed by atoms with E-state index in [1.54, 1.807) is 23.7 Å². The van der Waals surface area contributed by atoms with E-state index in [4.69, 9.17) is 4.42 Å². The van der Waals surface area contributed by atoms with Gasteiger partial charge in [0.2, 0.25) is 5.91 Å². The summed E-state index contributed by atoms with van der Waals surface area (Å²) in [5.41, 5.74) is -0.0334. The summed E-state index contributed by atoms with van der Waals surface area (Å²) in [4.78, 5) is 14.5. The van der Waals surface area contributed by atoms with Crippen LogP contribution in [0.25, 0.3) is 11.6 Å². The van der Waals surface area contributed by atoms with Crippen molar-refractivity contribution in [2.45, 2.75) is 24.2 Å². The smallest absolute Gasteiger partial charge is 0.416 e. The van der Waals surface area contributed by atoms with Gasteiger partial charge in [0.25, 0.3) is 0 Å². The third-order valence-electron chi connectivity index (χ3n) is 4.95. The zero-order valence-electron chi connectivity index (χ0n) is 16.6. The summed E-state index contributed by atoms with van der Waals surface area (Å²) in [6.07, 6.45) is -1.03. The Labute approximate surface area is 180 Å². The molecule has 1 saturated heterocycles. The lowest BCUT2D eigenvalue weighted by Crippen LogP contribution is -2.22. The van der Waals surface area contributed by atoms with Crippen LogP contribution >= 0.6 is 11.8 Å². The van der Waals surface area contributed by atoms with Crippen molar-refractivity contribution >= 4 is 29.0 Å². The number of carbonyl (C=O) groups excluding carboxylic acids is 1. The van der Waals surface area contributed by atoms with Crippen LogP contribution < -0.4 is 10.2 Å². The summed E-state index contributed by atoms with van der Waals surface area (Å²) < 4.78 is 46.6. The quantitative estimate of drug-likeness (QED) is 0.559. The second-order valence-corrected chi connectivity index (χ2v) is 8.05. The van der Waals surface area contributed by atoms with Crippen molar-refractivity contribution in [2.24, 2.45) is 7.05 Å². The monoisotopic (exact) mass is 451 g/mol. The molecule has 0 saturated carbocycles. The normalized spacial score (nSPS) is 14.3. The first-order valence-electron chi connectivity index (χ1n) is 9.65. The van der Waals surface area contributed by atoms with Gasteiger partial charge in [0.05, 0.1) is 29.0 Å². The molecule has 7 nitrogen and oxygen atoms in total. The molecular formula is C20H20F3N5O2S. The summed E-state index contributed by atoms with van der Waals surface area (Å²) in [5.74, 6) is 0.611. The molecule has 4 rings (SSSR count). The molecule has 3 aromatic rings. The fourth-order valence-electron chi connectivity index (χ4n) is 3.42. The number of thioether (sulfide) groups is 1. The fourth-order valence-corrected chi connectivity index (χ4v) is 4.13. The second-order valence-electron chi connectivity index (χ2n) is 7.10. The van der Waals surface area contributed by atoms with Gasteiger partial charge in [0, 0.05) is 20.1 Å².